The second kappa shape index (κ2) is 11.5. The van der Waals surface area contributed by atoms with Crippen molar-refractivity contribution in [1.82, 2.24) is 0 Å². The average Bonchev–Trinajstić information content (AvgIpc) is 3.66. The molecule has 18 heteroatoms. The lowest BCUT2D eigenvalue weighted by molar-refractivity contribution is -0.390. The first kappa shape index (κ1) is 32.5. The fourth-order valence-electron chi connectivity index (χ4n) is 5.63. The topological polar surface area (TPSA) is 143 Å². The first-order chi connectivity index (χ1) is 22.7. The summed E-state index contributed by atoms with van der Waals surface area (Å²) in [7, 11) is 0. The summed E-state index contributed by atoms with van der Waals surface area (Å²) >= 11 is 0. The van der Waals surface area contributed by atoms with E-state index in [9.17, 15) is 48.3 Å². The summed E-state index contributed by atoms with van der Waals surface area (Å²) < 4.78 is 122. The van der Waals surface area contributed by atoms with Gasteiger partial charge in [0.2, 0.25) is 23.3 Å². The van der Waals surface area contributed by atoms with Crippen molar-refractivity contribution in [2.24, 2.45) is 0 Å². The van der Waals surface area contributed by atoms with E-state index < -0.39 is 136 Å². The van der Waals surface area contributed by atoms with Gasteiger partial charge in [-0.15, -0.1) is 0 Å². The van der Waals surface area contributed by atoms with Crippen LogP contribution in [-0.2, 0) is 12.8 Å². The van der Waals surface area contributed by atoms with E-state index in [0.717, 1.165) is 12.2 Å². The molecule has 0 radical (unpaired) electrons. The first-order valence-electron chi connectivity index (χ1n) is 12.6. The molecule has 0 bridgehead atoms. The van der Waals surface area contributed by atoms with Crippen LogP contribution in [-0.4, -0.2) is 9.85 Å². The number of allylic oxidation sites excluding steroid dienone is 3. The molecule has 0 spiro atoms. The van der Waals surface area contributed by atoms with Crippen LogP contribution < -0.4 is 10.4 Å². The Balaban J connectivity index is 2.14. The second-order valence-electron chi connectivity index (χ2n) is 9.85. The largest absolute Gasteiger partial charge is 0.522 e. The molecule has 0 saturated carbocycles. The van der Waals surface area contributed by atoms with E-state index >= 15 is 17.6 Å². The van der Waals surface area contributed by atoms with Crippen molar-refractivity contribution in [3.63, 3.8) is 0 Å². The van der Waals surface area contributed by atoms with Gasteiger partial charge in [-0.1, -0.05) is 6.08 Å². The van der Waals surface area contributed by atoms with Gasteiger partial charge < -0.3 is 0 Å². The number of benzene rings is 3. The van der Waals surface area contributed by atoms with E-state index in [4.69, 9.17) is 13.1 Å². The van der Waals surface area contributed by atoms with Gasteiger partial charge >= 0.3 is 17.2 Å². The maximum Gasteiger partial charge on any atom is 0.522 e. The van der Waals surface area contributed by atoms with Crippen LogP contribution in [0.4, 0.5) is 46.5 Å². The molecule has 0 fully saturated rings. The van der Waals surface area contributed by atoms with Crippen molar-refractivity contribution in [2.75, 3.05) is 0 Å². The third-order valence-corrected chi connectivity index (χ3v) is 7.55. The molecule has 3 aromatic rings. The molecule has 0 N–H and O–H groups in total. The third kappa shape index (κ3) is 4.43. The maximum absolute atomic E-state index is 15.6. The second-order valence-corrected chi connectivity index (χ2v) is 9.85. The van der Waals surface area contributed by atoms with E-state index in [2.05, 4.69) is 9.69 Å². The minimum atomic E-state index is -2.48. The number of rotatable bonds is 4. The molecule has 236 valence electrons. The monoisotopic (exact) mass is 666 g/mol. The summed E-state index contributed by atoms with van der Waals surface area (Å²) in [5.74, 6) is -20.1. The zero-order valence-corrected chi connectivity index (χ0v) is 22.9. The number of nitrogens with zero attached hydrogens (tertiary/aromatic N) is 6. The highest BCUT2D eigenvalue weighted by Gasteiger charge is 2.40. The lowest BCUT2D eigenvalue weighted by atomic mass is 9.86. The minimum absolute atomic E-state index is 0.334. The summed E-state index contributed by atoms with van der Waals surface area (Å²) in [5, 5.41) is 40.0. The highest BCUT2D eigenvalue weighted by atomic mass is 19.2. The van der Waals surface area contributed by atoms with Gasteiger partial charge in [-0.3, -0.25) is 20.2 Å². The Bertz CT molecular complexity index is 2240. The van der Waals surface area contributed by atoms with Gasteiger partial charge in [0.25, 0.3) is 0 Å². The van der Waals surface area contributed by atoms with Crippen molar-refractivity contribution in [1.29, 1.82) is 10.5 Å². The van der Waals surface area contributed by atoms with Gasteiger partial charge in [0.1, 0.15) is 30.9 Å². The number of nitro benzene ring substituents is 2. The predicted octanol–water partition coefficient (Wildman–Crippen LogP) is 6.02. The average molecular weight is 666 g/mol. The molecule has 10 nitrogen and oxygen atoms in total. The highest BCUT2D eigenvalue weighted by molar-refractivity contribution is 5.88. The molecule has 2 aliphatic carbocycles. The first-order valence-corrected chi connectivity index (χ1v) is 12.6. The third-order valence-electron chi connectivity index (χ3n) is 7.55. The van der Waals surface area contributed by atoms with Crippen molar-refractivity contribution in [2.45, 2.75) is 12.8 Å². The summed E-state index contributed by atoms with van der Waals surface area (Å²) in [5.41, 5.74) is -12.0. The molecule has 2 aliphatic rings. The molecule has 0 aromatic heterocycles. The van der Waals surface area contributed by atoms with Crippen molar-refractivity contribution in [3.05, 3.63) is 134 Å². The Morgan fingerprint density at radius 3 is 1.27 bits per heavy atom. The fourth-order valence-corrected chi connectivity index (χ4v) is 5.63. The Hall–Kier alpha value is -6.92. The van der Waals surface area contributed by atoms with E-state index in [-0.39, 0.29) is 11.1 Å². The summed E-state index contributed by atoms with van der Waals surface area (Å²) in [6, 6.07) is 2.97. The fraction of sp³-hybridized carbons (Fsp3) is 0.0667. The van der Waals surface area contributed by atoms with Crippen molar-refractivity contribution >= 4 is 23.5 Å². The lowest BCUT2D eigenvalue weighted by Crippen LogP contribution is -2.25. The van der Waals surface area contributed by atoms with Crippen LogP contribution in [0.1, 0.15) is 11.1 Å². The Labute approximate surface area is 260 Å². The van der Waals surface area contributed by atoms with Crippen molar-refractivity contribution < 1.29 is 45.0 Å². The molecule has 0 aliphatic heterocycles. The Morgan fingerprint density at radius 2 is 0.958 bits per heavy atom. The number of nitro groups is 2. The molecule has 0 atom stereocenters. The smallest absolute Gasteiger partial charge is 0.258 e. The van der Waals surface area contributed by atoms with Gasteiger partial charge in [-0.2, -0.15) is 37.8 Å². The van der Waals surface area contributed by atoms with Crippen LogP contribution in [0.2, 0.25) is 0 Å². The van der Waals surface area contributed by atoms with Crippen LogP contribution in [0, 0.1) is 103 Å². The molecule has 3 aromatic carbocycles. The van der Waals surface area contributed by atoms with Crippen molar-refractivity contribution in [3.8, 4) is 34.4 Å². The summed E-state index contributed by atoms with van der Waals surface area (Å²) in [6.07, 6.45) is 0.0995. The number of hydrogen-bond acceptors (Lipinski definition) is 6. The zero-order valence-electron chi connectivity index (χ0n) is 22.9. The van der Waals surface area contributed by atoms with E-state index in [1.54, 1.807) is 0 Å². The van der Waals surface area contributed by atoms with Gasteiger partial charge in [-0.25, -0.2) is 17.6 Å². The molecular formula is C30H6F8N6O4. The Kier molecular flexibility index (Phi) is 7.75. The lowest BCUT2D eigenvalue weighted by Gasteiger charge is -2.18. The van der Waals surface area contributed by atoms with Gasteiger partial charge in [0, 0.05) is 6.42 Å². The van der Waals surface area contributed by atoms with Gasteiger partial charge in [-0.05, 0) is 50.8 Å². The molecular weight excluding hydrogens is 660 g/mol. The van der Waals surface area contributed by atoms with Crippen LogP contribution in [0.15, 0.2) is 22.5 Å². The number of hydrogen-bond donors (Lipinski definition) is 0. The quantitative estimate of drug-likeness (QED) is 0.0833. The number of fused-ring (bicyclic) bond motifs is 2. The Morgan fingerprint density at radius 1 is 0.625 bits per heavy atom. The molecule has 0 heterocycles. The number of halogens is 8. The summed E-state index contributed by atoms with van der Waals surface area (Å²) in [4.78, 5) is 24.8. The van der Waals surface area contributed by atoms with Crippen LogP contribution >= 0.6 is 0 Å². The standard InChI is InChI=1S/C30H6F8N6O4/c1-41-30(42-2)10-5-14-15(6-10)17(19-22(33)26(37)29(44(47)48)27(38)23(19)34)13-4-9(11(7-39)8-40)3-12(13)16(14)18-20(31)24(35)28(43(45)46)25(36)21(18)32/h3,6H,4-5H2. The van der Waals surface area contributed by atoms with Crippen LogP contribution in [0.25, 0.3) is 44.1 Å². The predicted molar refractivity (Wildman–Crippen MR) is 144 cm³/mol. The SMILES string of the molecule is [C-]#[N+]C([N+]#[C-])=C1C=c2c(c(-c3c(F)c(F)c([N+](=O)[O-])c(F)c3F)c3c(c2-c2c(F)c(F)c([N+](=O)[O-])c(F)c2F)CC(=C(C#N)C#N)C=3)C1. The van der Waals surface area contributed by atoms with Gasteiger partial charge in [0.05, 0.1) is 26.5 Å². The van der Waals surface area contributed by atoms with E-state index in [1.807, 2.05) is 0 Å². The molecule has 5 rings (SSSR count). The molecule has 0 unspecified atom stereocenters. The van der Waals surface area contributed by atoms with E-state index in [0.29, 0.717) is 0 Å². The molecule has 0 saturated heterocycles. The molecule has 0 amide bonds. The minimum Gasteiger partial charge on any atom is -0.258 e. The zero-order chi connectivity index (χ0) is 35.5. The maximum atomic E-state index is 15.6. The normalized spacial score (nSPS) is 12.5. The number of nitriles is 2. The van der Waals surface area contributed by atoms with E-state index in [1.165, 1.54) is 12.1 Å². The highest BCUT2D eigenvalue weighted by Crippen LogP contribution is 2.42. The van der Waals surface area contributed by atoms with Crippen LogP contribution in [0.3, 0.4) is 0 Å². The molecule has 48 heavy (non-hydrogen) atoms. The van der Waals surface area contributed by atoms with Gasteiger partial charge in [0.15, 0.2) is 23.3 Å². The van der Waals surface area contributed by atoms with Crippen LogP contribution in [0.5, 0.6) is 0 Å². The summed E-state index contributed by atoms with van der Waals surface area (Å²) in [6.45, 7) is 14.6.